The number of amides is 1. The number of aromatic nitrogens is 2. The average Bonchev–Trinajstić information content (AvgIpc) is 3.29. The number of carbonyl (C=O) groups is 1. The molecule has 0 bridgehead atoms. The van der Waals surface area contributed by atoms with Crippen LogP contribution in [-0.2, 0) is 0 Å². The fourth-order valence-electron chi connectivity index (χ4n) is 4.11. The topological polar surface area (TPSA) is 58.2 Å². The van der Waals surface area contributed by atoms with Gasteiger partial charge >= 0.3 is 0 Å². The lowest BCUT2D eigenvalue weighted by atomic mass is 9.95. The number of hydrogen-bond acceptors (Lipinski definition) is 3. The van der Waals surface area contributed by atoms with Crippen LogP contribution in [0.15, 0.2) is 48.5 Å². The third-order valence-corrected chi connectivity index (χ3v) is 5.81. The lowest BCUT2D eigenvalue weighted by Crippen LogP contribution is -2.30. The molecule has 5 heteroatoms. The average molecular weight is 418 g/mol. The summed E-state index contributed by atoms with van der Waals surface area (Å²) in [6.45, 7) is 9.97. The summed E-state index contributed by atoms with van der Waals surface area (Å²) in [6.07, 6.45) is 1.93. The molecule has 31 heavy (non-hydrogen) atoms. The van der Waals surface area contributed by atoms with Crippen LogP contribution in [-0.4, -0.2) is 34.2 Å². The van der Waals surface area contributed by atoms with Gasteiger partial charge in [0.1, 0.15) is 11.4 Å². The number of ether oxygens (including phenoxy) is 1. The van der Waals surface area contributed by atoms with E-state index < -0.39 is 0 Å². The minimum Gasteiger partial charge on any atom is -0.494 e. The first kappa shape index (κ1) is 21.2. The van der Waals surface area contributed by atoms with Crippen LogP contribution in [0.5, 0.6) is 5.75 Å². The van der Waals surface area contributed by atoms with Gasteiger partial charge in [-0.25, -0.2) is 0 Å². The Morgan fingerprint density at radius 3 is 2.45 bits per heavy atom. The number of benzene rings is 2. The van der Waals surface area contributed by atoms with E-state index in [0.29, 0.717) is 24.8 Å². The fourth-order valence-corrected chi connectivity index (χ4v) is 4.11. The molecule has 1 atom stereocenters. The van der Waals surface area contributed by atoms with E-state index in [0.717, 1.165) is 41.0 Å². The standard InChI is InChI=1S/C26H31N3O2/c1-5-15-29-25(20-10-12-21(13-11-20)31-16-14-17(2)3)22-23(27-28-24(22)26(29)30)19-8-6-18(4)7-9-19/h6-13,17,25H,5,14-16H2,1-4H3,(H,27,28). The minimum atomic E-state index is -0.151. The van der Waals surface area contributed by atoms with Crippen LogP contribution in [0.4, 0.5) is 0 Å². The molecule has 4 rings (SSSR count). The predicted molar refractivity (Wildman–Crippen MR) is 123 cm³/mol. The van der Waals surface area contributed by atoms with E-state index in [-0.39, 0.29) is 11.9 Å². The van der Waals surface area contributed by atoms with Crippen molar-refractivity contribution in [1.29, 1.82) is 0 Å². The second kappa shape index (κ2) is 8.96. The van der Waals surface area contributed by atoms with Crippen molar-refractivity contribution in [2.45, 2.75) is 46.6 Å². The van der Waals surface area contributed by atoms with Gasteiger partial charge in [-0.2, -0.15) is 5.10 Å². The Balaban J connectivity index is 1.69. The van der Waals surface area contributed by atoms with Crippen molar-refractivity contribution in [2.24, 2.45) is 5.92 Å². The smallest absolute Gasteiger partial charge is 0.273 e. The molecule has 1 aliphatic rings. The van der Waals surface area contributed by atoms with Gasteiger partial charge < -0.3 is 9.64 Å². The maximum atomic E-state index is 13.2. The van der Waals surface area contributed by atoms with Crippen LogP contribution < -0.4 is 4.74 Å². The lowest BCUT2D eigenvalue weighted by Gasteiger charge is -2.26. The number of aromatic amines is 1. The number of aryl methyl sites for hydroxylation is 1. The van der Waals surface area contributed by atoms with Gasteiger partial charge in [0, 0.05) is 17.7 Å². The number of hydrogen-bond donors (Lipinski definition) is 1. The van der Waals surface area contributed by atoms with E-state index in [1.54, 1.807) is 0 Å². The molecular weight excluding hydrogens is 386 g/mol. The zero-order valence-corrected chi connectivity index (χ0v) is 18.8. The van der Waals surface area contributed by atoms with E-state index in [1.807, 2.05) is 17.0 Å². The molecule has 2 aromatic carbocycles. The first-order valence-corrected chi connectivity index (χ1v) is 11.2. The summed E-state index contributed by atoms with van der Waals surface area (Å²) in [7, 11) is 0. The van der Waals surface area contributed by atoms with Crippen molar-refractivity contribution in [1.82, 2.24) is 15.1 Å². The molecule has 0 saturated carbocycles. The van der Waals surface area contributed by atoms with Crippen molar-refractivity contribution in [3.05, 3.63) is 70.9 Å². The molecule has 1 aliphatic heterocycles. The number of nitrogens with zero attached hydrogens (tertiary/aromatic N) is 2. The molecule has 1 N–H and O–H groups in total. The van der Waals surface area contributed by atoms with Crippen LogP contribution >= 0.6 is 0 Å². The Morgan fingerprint density at radius 2 is 1.81 bits per heavy atom. The van der Waals surface area contributed by atoms with Gasteiger partial charge in [-0.1, -0.05) is 62.7 Å². The number of H-pyrrole nitrogens is 1. The molecule has 0 spiro atoms. The monoisotopic (exact) mass is 417 g/mol. The fraction of sp³-hybridized carbons (Fsp3) is 0.385. The number of nitrogens with one attached hydrogen (secondary N) is 1. The summed E-state index contributed by atoms with van der Waals surface area (Å²) >= 11 is 0. The second-order valence-electron chi connectivity index (χ2n) is 8.73. The van der Waals surface area contributed by atoms with E-state index in [2.05, 4.69) is 74.3 Å². The Morgan fingerprint density at radius 1 is 1.10 bits per heavy atom. The quantitative estimate of drug-likeness (QED) is 0.506. The van der Waals surface area contributed by atoms with Gasteiger partial charge in [0.2, 0.25) is 0 Å². The van der Waals surface area contributed by atoms with Gasteiger partial charge in [0.25, 0.3) is 5.91 Å². The Labute approximate surface area is 184 Å². The number of fused-ring (bicyclic) bond motifs is 1. The number of carbonyl (C=O) groups excluding carboxylic acids is 1. The molecule has 0 radical (unpaired) electrons. The van der Waals surface area contributed by atoms with Crippen LogP contribution in [0.1, 0.15) is 66.8 Å². The Bertz CT molecular complexity index is 1040. The SMILES string of the molecule is CCCN1C(=O)c2[nH]nc(-c3ccc(C)cc3)c2C1c1ccc(OCCC(C)C)cc1. The van der Waals surface area contributed by atoms with E-state index in [4.69, 9.17) is 4.74 Å². The molecule has 1 unspecified atom stereocenters. The molecular formula is C26H31N3O2. The van der Waals surface area contributed by atoms with Crippen LogP contribution in [0, 0.1) is 12.8 Å². The molecule has 0 saturated heterocycles. The van der Waals surface area contributed by atoms with Crippen LogP contribution in [0.2, 0.25) is 0 Å². The first-order valence-electron chi connectivity index (χ1n) is 11.2. The zero-order chi connectivity index (χ0) is 22.0. The maximum Gasteiger partial charge on any atom is 0.273 e. The van der Waals surface area contributed by atoms with E-state index in [1.165, 1.54) is 5.56 Å². The molecule has 2 heterocycles. The zero-order valence-electron chi connectivity index (χ0n) is 18.8. The summed E-state index contributed by atoms with van der Waals surface area (Å²) in [4.78, 5) is 15.1. The molecule has 0 fully saturated rings. The highest BCUT2D eigenvalue weighted by atomic mass is 16.5. The van der Waals surface area contributed by atoms with Crippen molar-refractivity contribution in [3.63, 3.8) is 0 Å². The van der Waals surface area contributed by atoms with Crippen molar-refractivity contribution < 1.29 is 9.53 Å². The highest BCUT2D eigenvalue weighted by Crippen LogP contribution is 2.43. The van der Waals surface area contributed by atoms with E-state index in [9.17, 15) is 4.79 Å². The van der Waals surface area contributed by atoms with Gasteiger partial charge in [-0.15, -0.1) is 0 Å². The molecule has 1 amide bonds. The lowest BCUT2D eigenvalue weighted by molar-refractivity contribution is 0.0744. The van der Waals surface area contributed by atoms with Gasteiger partial charge in [-0.05, 0) is 43.4 Å². The van der Waals surface area contributed by atoms with Gasteiger partial charge in [0.05, 0.1) is 18.3 Å². The first-order chi connectivity index (χ1) is 15.0. The summed E-state index contributed by atoms with van der Waals surface area (Å²) in [5.74, 6) is 1.50. The Hall–Kier alpha value is -3.08. The molecule has 1 aromatic heterocycles. The molecule has 5 nitrogen and oxygen atoms in total. The minimum absolute atomic E-state index is 0.0185. The van der Waals surface area contributed by atoms with Crippen molar-refractivity contribution in [2.75, 3.05) is 13.2 Å². The normalized spacial score (nSPS) is 15.6. The third-order valence-electron chi connectivity index (χ3n) is 5.81. The third kappa shape index (κ3) is 4.22. The maximum absolute atomic E-state index is 13.2. The van der Waals surface area contributed by atoms with Crippen molar-refractivity contribution in [3.8, 4) is 17.0 Å². The summed E-state index contributed by atoms with van der Waals surface area (Å²) in [6, 6.07) is 16.3. The van der Waals surface area contributed by atoms with Crippen molar-refractivity contribution >= 4 is 5.91 Å². The van der Waals surface area contributed by atoms with Crippen LogP contribution in [0.3, 0.4) is 0 Å². The highest BCUT2D eigenvalue weighted by Gasteiger charge is 2.41. The molecule has 3 aromatic rings. The van der Waals surface area contributed by atoms with E-state index >= 15 is 0 Å². The van der Waals surface area contributed by atoms with Gasteiger partial charge in [0.15, 0.2) is 0 Å². The number of rotatable bonds is 8. The summed E-state index contributed by atoms with van der Waals surface area (Å²) in [5.41, 5.74) is 5.72. The summed E-state index contributed by atoms with van der Waals surface area (Å²) in [5, 5.41) is 7.56. The molecule has 162 valence electrons. The molecule has 0 aliphatic carbocycles. The summed E-state index contributed by atoms with van der Waals surface area (Å²) < 4.78 is 5.89. The highest BCUT2D eigenvalue weighted by molar-refractivity contribution is 6.00. The van der Waals surface area contributed by atoms with Gasteiger partial charge in [-0.3, -0.25) is 9.89 Å². The van der Waals surface area contributed by atoms with Crippen LogP contribution in [0.25, 0.3) is 11.3 Å². The second-order valence-corrected chi connectivity index (χ2v) is 8.73. The predicted octanol–water partition coefficient (Wildman–Crippen LogP) is 5.77. The largest absolute Gasteiger partial charge is 0.494 e. The Kier molecular flexibility index (Phi) is 6.12.